The van der Waals surface area contributed by atoms with E-state index in [9.17, 15) is 4.79 Å². The summed E-state index contributed by atoms with van der Waals surface area (Å²) >= 11 is 1.55. The number of hydrogen-bond donors (Lipinski definition) is 2. The Kier molecular flexibility index (Phi) is 5.56. The van der Waals surface area contributed by atoms with E-state index in [0.29, 0.717) is 6.54 Å². The first-order valence-electron chi connectivity index (χ1n) is 6.70. The number of nitrogens with one attached hydrogen (secondary N) is 1. The first kappa shape index (κ1) is 15.3. The van der Waals surface area contributed by atoms with E-state index in [1.807, 2.05) is 48.7 Å². The number of hydrogen-bond acceptors (Lipinski definition) is 3. The summed E-state index contributed by atoms with van der Waals surface area (Å²) in [6.45, 7) is 2.26. The Hall–Kier alpha value is -2.09. The molecule has 108 valence electrons. The number of benzene rings is 1. The lowest BCUT2D eigenvalue weighted by Crippen LogP contribution is -2.27. The third-order valence-corrected chi connectivity index (χ3v) is 4.03. The first-order valence-corrected chi connectivity index (χ1v) is 7.58. The van der Waals surface area contributed by atoms with E-state index in [2.05, 4.69) is 17.2 Å². The summed E-state index contributed by atoms with van der Waals surface area (Å²) in [4.78, 5) is 13.2. The maximum absolute atomic E-state index is 12.1. The van der Waals surface area contributed by atoms with E-state index in [1.54, 1.807) is 11.3 Å². The molecule has 0 saturated heterocycles. The fourth-order valence-electron chi connectivity index (χ4n) is 1.90. The Labute approximate surface area is 128 Å². The molecule has 0 radical (unpaired) electrons. The van der Waals surface area contributed by atoms with Crippen molar-refractivity contribution in [2.24, 2.45) is 0 Å². The lowest BCUT2D eigenvalue weighted by atomic mass is 10.0. The van der Waals surface area contributed by atoms with E-state index < -0.39 is 0 Å². The van der Waals surface area contributed by atoms with Crippen molar-refractivity contribution in [1.29, 1.82) is 0 Å². The van der Waals surface area contributed by atoms with Crippen molar-refractivity contribution in [3.63, 3.8) is 0 Å². The molecule has 0 aliphatic heterocycles. The highest BCUT2D eigenvalue weighted by molar-refractivity contribution is 7.10. The Morgan fingerprint density at radius 1 is 1.38 bits per heavy atom. The summed E-state index contributed by atoms with van der Waals surface area (Å²) in [7, 11) is 0. The number of rotatable bonds is 4. The van der Waals surface area contributed by atoms with Crippen LogP contribution in [0, 0.1) is 11.8 Å². The fraction of sp³-hybridized carbons (Fsp3) is 0.235. The summed E-state index contributed by atoms with van der Waals surface area (Å²) in [5.41, 5.74) is 1.88. The Balaban J connectivity index is 1.90. The van der Waals surface area contributed by atoms with E-state index in [4.69, 9.17) is 5.11 Å². The second-order valence-corrected chi connectivity index (χ2v) is 5.61. The third kappa shape index (κ3) is 4.45. The average Bonchev–Trinajstić information content (AvgIpc) is 2.98. The van der Waals surface area contributed by atoms with Crippen molar-refractivity contribution in [1.82, 2.24) is 5.32 Å². The van der Waals surface area contributed by atoms with Crippen LogP contribution in [0.15, 0.2) is 41.8 Å². The van der Waals surface area contributed by atoms with Crippen LogP contribution in [0.3, 0.4) is 0 Å². The molecule has 1 aromatic carbocycles. The molecule has 2 rings (SSSR count). The number of carbonyl (C=O) groups is 1. The van der Waals surface area contributed by atoms with Gasteiger partial charge in [0.2, 0.25) is 5.91 Å². The first-order chi connectivity index (χ1) is 10.2. The highest BCUT2D eigenvalue weighted by Gasteiger charge is 2.14. The number of thiophene rings is 1. The molecule has 1 unspecified atom stereocenters. The molecular formula is C17H17NO2S. The van der Waals surface area contributed by atoms with Crippen molar-refractivity contribution in [3.8, 4) is 11.8 Å². The van der Waals surface area contributed by atoms with Gasteiger partial charge >= 0.3 is 0 Å². The van der Waals surface area contributed by atoms with Gasteiger partial charge in [0.1, 0.15) is 6.61 Å². The molecule has 21 heavy (non-hydrogen) atoms. The summed E-state index contributed by atoms with van der Waals surface area (Å²) in [5, 5.41) is 13.5. The molecule has 0 saturated carbocycles. The number of aliphatic hydroxyl groups is 1. The summed E-state index contributed by atoms with van der Waals surface area (Å²) in [6.07, 6.45) is 0. The van der Waals surface area contributed by atoms with Gasteiger partial charge in [-0.05, 0) is 18.6 Å². The molecule has 0 bridgehead atoms. The molecule has 1 aromatic heterocycles. The van der Waals surface area contributed by atoms with Crippen LogP contribution in [0.2, 0.25) is 0 Å². The number of amides is 1. The van der Waals surface area contributed by atoms with Crippen LogP contribution in [0.1, 0.15) is 28.8 Å². The van der Waals surface area contributed by atoms with Crippen molar-refractivity contribution in [2.75, 3.05) is 6.61 Å². The van der Waals surface area contributed by atoms with Crippen LogP contribution < -0.4 is 5.32 Å². The topological polar surface area (TPSA) is 49.3 Å². The molecule has 0 fully saturated rings. The summed E-state index contributed by atoms with van der Waals surface area (Å²) in [6, 6.07) is 11.7. The molecule has 0 aliphatic carbocycles. The maximum atomic E-state index is 12.1. The average molecular weight is 299 g/mol. The highest BCUT2D eigenvalue weighted by atomic mass is 32.1. The maximum Gasteiger partial charge on any atom is 0.227 e. The third-order valence-electron chi connectivity index (χ3n) is 3.10. The van der Waals surface area contributed by atoms with Crippen molar-refractivity contribution >= 4 is 17.2 Å². The van der Waals surface area contributed by atoms with Gasteiger partial charge in [0.15, 0.2) is 0 Å². The Bertz CT molecular complexity index is 652. The Morgan fingerprint density at radius 3 is 2.86 bits per heavy atom. The van der Waals surface area contributed by atoms with Crippen LogP contribution in [-0.2, 0) is 11.3 Å². The van der Waals surface area contributed by atoms with Gasteiger partial charge in [-0.2, -0.15) is 0 Å². The van der Waals surface area contributed by atoms with Crippen LogP contribution in [0.25, 0.3) is 0 Å². The van der Waals surface area contributed by atoms with Gasteiger partial charge in [-0.25, -0.2) is 0 Å². The Morgan fingerprint density at radius 2 is 2.14 bits per heavy atom. The quantitative estimate of drug-likeness (QED) is 0.852. The van der Waals surface area contributed by atoms with Gasteiger partial charge < -0.3 is 10.4 Å². The normalized spacial score (nSPS) is 11.3. The molecule has 1 amide bonds. The van der Waals surface area contributed by atoms with Crippen molar-refractivity contribution in [2.45, 2.75) is 19.4 Å². The van der Waals surface area contributed by atoms with E-state index in [1.165, 1.54) is 0 Å². The number of carbonyl (C=O) groups excluding carboxylic acids is 1. The zero-order valence-electron chi connectivity index (χ0n) is 11.8. The molecule has 1 heterocycles. The van der Waals surface area contributed by atoms with Gasteiger partial charge in [0, 0.05) is 15.8 Å². The standard InChI is InChI=1S/C17H17NO2S/c1-13(15-7-3-2-4-8-15)17(20)18-11-16-10-14(12-21-16)6-5-9-19/h2-4,7-8,10,12-13,19H,9,11H2,1H3,(H,18,20). The largest absolute Gasteiger partial charge is 0.384 e. The van der Waals surface area contributed by atoms with E-state index >= 15 is 0 Å². The minimum atomic E-state index is -0.167. The minimum absolute atomic E-state index is 0.0117. The lowest BCUT2D eigenvalue weighted by molar-refractivity contribution is -0.122. The van der Waals surface area contributed by atoms with Gasteiger partial charge in [-0.3, -0.25) is 4.79 Å². The summed E-state index contributed by atoms with van der Waals surface area (Å²) in [5.74, 6) is 5.30. The van der Waals surface area contributed by atoms with Crippen LogP contribution in [0.5, 0.6) is 0 Å². The fourth-order valence-corrected chi connectivity index (χ4v) is 2.66. The zero-order chi connectivity index (χ0) is 15.1. The van der Waals surface area contributed by atoms with E-state index in [-0.39, 0.29) is 18.4 Å². The highest BCUT2D eigenvalue weighted by Crippen LogP contribution is 2.16. The molecular weight excluding hydrogens is 282 g/mol. The predicted molar refractivity (Wildman–Crippen MR) is 85.0 cm³/mol. The molecule has 0 aliphatic rings. The SMILES string of the molecule is CC(C(=O)NCc1cc(C#CCO)cs1)c1ccccc1. The van der Waals surface area contributed by atoms with Gasteiger partial charge in [-0.15, -0.1) is 11.3 Å². The van der Waals surface area contributed by atoms with E-state index in [0.717, 1.165) is 16.0 Å². The second kappa shape index (κ2) is 7.63. The number of aliphatic hydroxyl groups excluding tert-OH is 1. The van der Waals surface area contributed by atoms with Crippen LogP contribution in [-0.4, -0.2) is 17.6 Å². The smallest absolute Gasteiger partial charge is 0.227 e. The molecule has 0 spiro atoms. The molecule has 1 atom stereocenters. The minimum Gasteiger partial charge on any atom is -0.384 e. The van der Waals surface area contributed by atoms with Crippen LogP contribution in [0.4, 0.5) is 0 Å². The molecule has 3 nitrogen and oxygen atoms in total. The lowest BCUT2D eigenvalue weighted by Gasteiger charge is -2.11. The summed E-state index contributed by atoms with van der Waals surface area (Å²) < 4.78 is 0. The van der Waals surface area contributed by atoms with Crippen LogP contribution >= 0.6 is 11.3 Å². The second-order valence-electron chi connectivity index (χ2n) is 4.61. The zero-order valence-corrected chi connectivity index (χ0v) is 12.6. The van der Waals surface area contributed by atoms with Gasteiger partial charge in [0.25, 0.3) is 0 Å². The molecule has 2 N–H and O–H groups in total. The van der Waals surface area contributed by atoms with Crippen molar-refractivity contribution in [3.05, 3.63) is 57.8 Å². The predicted octanol–water partition coefficient (Wildman–Crippen LogP) is 2.51. The van der Waals surface area contributed by atoms with Gasteiger partial charge in [-0.1, -0.05) is 42.2 Å². The monoisotopic (exact) mass is 299 g/mol. The molecule has 2 aromatic rings. The van der Waals surface area contributed by atoms with Crippen molar-refractivity contribution < 1.29 is 9.90 Å². The van der Waals surface area contributed by atoms with Gasteiger partial charge in [0.05, 0.1) is 12.5 Å². The molecule has 4 heteroatoms.